The Morgan fingerprint density at radius 2 is 2.33 bits per heavy atom. The fourth-order valence-corrected chi connectivity index (χ4v) is 1.53. The summed E-state index contributed by atoms with van der Waals surface area (Å²) in [6, 6.07) is 1.79. The number of nitrogens with zero attached hydrogens (tertiary/aromatic N) is 3. The van der Waals surface area contributed by atoms with Crippen LogP contribution in [-0.4, -0.2) is 14.5 Å². The number of hydrogen-bond donors (Lipinski definition) is 0. The van der Waals surface area contributed by atoms with E-state index in [2.05, 4.69) is 25.9 Å². The van der Waals surface area contributed by atoms with Gasteiger partial charge in [-0.25, -0.2) is 9.97 Å². The van der Waals surface area contributed by atoms with E-state index in [4.69, 9.17) is 11.6 Å². The van der Waals surface area contributed by atoms with Gasteiger partial charge in [0.2, 0.25) is 0 Å². The highest BCUT2D eigenvalue weighted by Crippen LogP contribution is 2.19. The topological polar surface area (TPSA) is 30.7 Å². The fourth-order valence-electron chi connectivity index (χ4n) is 1.02. The molecule has 0 saturated carbocycles. The van der Waals surface area contributed by atoms with E-state index in [1.807, 2.05) is 11.6 Å². The van der Waals surface area contributed by atoms with Crippen molar-refractivity contribution in [3.63, 3.8) is 0 Å². The van der Waals surface area contributed by atoms with Gasteiger partial charge in [0.25, 0.3) is 0 Å². The first kappa shape index (κ1) is 8.01. The van der Waals surface area contributed by atoms with Gasteiger partial charge in [-0.15, -0.1) is 0 Å². The number of aryl methyl sites for hydroxylation is 1. The molecular weight excluding hydrogens is 241 g/mol. The van der Waals surface area contributed by atoms with Crippen LogP contribution in [-0.2, 0) is 7.05 Å². The van der Waals surface area contributed by atoms with Crippen LogP contribution < -0.4 is 0 Å². The molecule has 0 aliphatic rings. The second-order valence-electron chi connectivity index (χ2n) is 2.44. The monoisotopic (exact) mass is 245 g/mol. The molecule has 0 amide bonds. The lowest BCUT2D eigenvalue weighted by atomic mass is 10.4. The van der Waals surface area contributed by atoms with E-state index in [-0.39, 0.29) is 0 Å². The van der Waals surface area contributed by atoms with Gasteiger partial charge >= 0.3 is 0 Å². The summed E-state index contributed by atoms with van der Waals surface area (Å²) >= 11 is 9.06. The quantitative estimate of drug-likeness (QED) is 0.714. The van der Waals surface area contributed by atoms with Crippen molar-refractivity contribution >= 4 is 38.7 Å². The smallest absolute Gasteiger partial charge is 0.179 e. The molecule has 0 aromatic carbocycles. The van der Waals surface area contributed by atoms with Crippen LogP contribution >= 0.6 is 27.5 Å². The maximum absolute atomic E-state index is 5.75. The van der Waals surface area contributed by atoms with Gasteiger partial charge in [-0.05, 0) is 22.0 Å². The summed E-state index contributed by atoms with van der Waals surface area (Å²) in [5.41, 5.74) is 1.63. The Bertz CT molecular complexity index is 437. The number of fused-ring (bicyclic) bond motifs is 1. The number of halogens is 2. The van der Waals surface area contributed by atoms with Crippen molar-refractivity contribution in [1.82, 2.24) is 14.5 Å². The summed E-state index contributed by atoms with van der Waals surface area (Å²) in [5.74, 6) is 0. The van der Waals surface area contributed by atoms with E-state index in [1.165, 1.54) is 0 Å². The van der Waals surface area contributed by atoms with Crippen molar-refractivity contribution in [2.75, 3.05) is 0 Å². The lowest BCUT2D eigenvalue weighted by molar-refractivity contribution is 0.898. The molecule has 2 aromatic heterocycles. The van der Waals surface area contributed by atoms with E-state index >= 15 is 0 Å². The SMILES string of the molecule is Cn1c(Br)nc2cc(Cl)cnc21. The molecule has 0 unspecified atom stereocenters. The van der Waals surface area contributed by atoms with E-state index in [0.29, 0.717) is 5.02 Å². The van der Waals surface area contributed by atoms with Gasteiger partial charge in [-0.3, -0.25) is 0 Å². The highest BCUT2D eigenvalue weighted by molar-refractivity contribution is 9.10. The molecule has 5 heteroatoms. The van der Waals surface area contributed by atoms with Gasteiger partial charge in [0.15, 0.2) is 10.4 Å². The summed E-state index contributed by atoms with van der Waals surface area (Å²) < 4.78 is 2.61. The third kappa shape index (κ3) is 1.11. The third-order valence-electron chi connectivity index (χ3n) is 1.62. The summed E-state index contributed by atoms with van der Waals surface area (Å²) in [6.45, 7) is 0. The molecule has 0 aliphatic carbocycles. The van der Waals surface area contributed by atoms with E-state index in [1.54, 1.807) is 12.3 Å². The summed E-state index contributed by atoms with van der Waals surface area (Å²) in [5, 5.41) is 0.605. The van der Waals surface area contributed by atoms with Gasteiger partial charge in [-0.1, -0.05) is 11.6 Å². The van der Waals surface area contributed by atoms with Crippen molar-refractivity contribution in [1.29, 1.82) is 0 Å². The molecule has 0 aliphatic heterocycles. The van der Waals surface area contributed by atoms with Crippen LogP contribution in [0.3, 0.4) is 0 Å². The zero-order valence-corrected chi connectivity index (χ0v) is 8.59. The number of rotatable bonds is 0. The van der Waals surface area contributed by atoms with Crippen LogP contribution in [0.5, 0.6) is 0 Å². The Kier molecular flexibility index (Phi) is 1.81. The first-order chi connectivity index (χ1) is 5.68. The molecule has 0 atom stereocenters. The van der Waals surface area contributed by atoms with Crippen LogP contribution in [0.4, 0.5) is 0 Å². The molecule has 0 N–H and O–H groups in total. The lowest BCUT2D eigenvalue weighted by Gasteiger charge is -1.93. The molecule has 0 fully saturated rings. The zero-order chi connectivity index (χ0) is 8.72. The second-order valence-corrected chi connectivity index (χ2v) is 3.58. The van der Waals surface area contributed by atoms with Crippen molar-refractivity contribution in [3.05, 3.63) is 22.0 Å². The Labute approximate surface area is 82.5 Å². The van der Waals surface area contributed by atoms with Gasteiger partial charge < -0.3 is 4.57 Å². The summed E-state index contributed by atoms with van der Waals surface area (Å²) in [6.07, 6.45) is 1.61. The Morgan fingerprint density at radius 1 is 1.58 bits per heavy atom. The van der Waals surface area contributed by atoms with Crippen LogP contribution in [0.15, 0.2) is 17.0 Å². The van der Waals surface area contributed by atoms with Crippen molar-refractivity contribution in [2.24, 2.45) is 7.05 Å². The Balaban J connectivity index is 2.87. The van der Waals surface area contributed by atoms with Crippen molar-refractivity contribution in [2.45, 2.75) is 0 Å². The van der Waals surface area contributed by atoms with Gasteiger partial charge in [0.1, 0.15) is 5.52 Å². The first-order valence-electron chi connectivity index (χ1n) is 3.32. The third-order valence-corrected chi connectivity index (χ3v) is 2.54. The van der Waals surface area contributed by atoms with Gasteiger partial charge in [0, 0.05) is 13.2 Å². The minimum absolute atomic E-state index is 0.605. The standard InChI is InChI=1S/C7H5BrClN3/c1-12-6-5(11-7(12)8)2-4(9)3-10-6/h2-3H,1H3. The van der Waals surface area contributed by atoms with Crippen molar-refractivity contribution in [3.8, 4) is 0 Å². The molecule has 12 heavy (non-hydrogen) atoms. The number of pyridine rings is 1. The molecule has 0 spiro atoms. The van der Waals surface area contributed by atoms with E-state index < -0.39 is 0 Å². The minimum Gasteiger partial charge on any atom is -0.306 e. The Hall–Kier alpha value is -0.610. The van der Waals surface area contributed by atoms with Gasteiger partial charge in [-0.2, -0.15) is 0 Å². The molecule has 2 aromatic rings. The van der Waals surface area contributed by atoms with Crippen molar-refractivity contribution < 1.29 is 0 Å². The number of hydrogen-bond acceptors (Lipinski definition) is 2. The molecule has 0 radical (unpaired) electrons. The zero-order valence-electron chi connectivity index (χ0n) is 6.25. The predicted molar refractivity (Wildman–Crippen MR) is 51.2 cm³/mol. The minimum atomic E-state index is 0.605. The average molecular weight is 246 g/mol. The molecule has 3 nitrogen and oxygen atoms in total. The Morgan fingerprint density at radius 3 is 3.08 bits per heavy atom. The molecule has 0 bridgehead atoms. The average Bonchev–Trinajstić information content (AvgIpc) is 2.28. The van der Waals surface area contributed by atoms with E-state index in [9.17, 15) is 0 Å². The van der Waals surface area contributed by atoms with Crippen LogP contribution in [0.25, 0.3) is 11.2 Å². The van der Waals surface area contributed by atoms with Crippen LogP contribution in [0.1, 0.15) is 0 Å². The normalized spacial score (nSPS) is 10.9. The molecule has 62 valence electrons. The lowest BCUT2D eigenvalue weighted by Crippen LogP contribution is -1.88. The molecule has 0 saturated heterocycles. The van der Waals surface area contributed by atoms with Gasteiger partial charge in [0.05, 0.1) is 5.02 Å². The summed E-state index contributed by atoms with van der Waals surface area (Å²) in [7, 11) is 1.89. The molecule has 2 rings (SSSR count). The van der Waals surface area contributed by atoms with E-state index in [0.717, 1.165) is 15.9 Å². The maximum Gasteiger partial charge on any atom is 0.179 e. The highest BCUT2D eigenvalue weighted by atomic mass is 79.9. The largest absolute Gasteiger partial charge is 0.306 e. The van der Waals surface area contributed by atoms with Crippen LogP contribution in [0.2, 0.25) is 5.02 Å². The highest BCUT2D eigenvalue weighted by Gasteiger charge is 2.05. The predicted octanol–water partition coefficient (Wildman–Crippen LogP) is 2.38. The first-order valence-corrected chi connectivity index (χ1v) is 4.49. The maximum atomic E-state index is 5.75. The van der Waals surface area contributed by atoms with Crippen LogP contribution in [0, 0.1) is 0 Å². The summed E-state index contributed by atoms with van der Waals surface area (Å²) in [4.78, 5) is 8.35. The fraction of sp³-hybridized carbons (Fsp3) is 0.143. The molecular formula is C7H5BrClN3. The molecule has 2 heterocycles. The second kappa shape index (κ2) is 2.71. The number of aromatic nitrogens is 3. The number of imidazole rings is 1.